The molecule has 2 aliphatic rings. The van der Waals surface area contributed by atoms with Gasteiger partial charge in [-0.25, -0.2) is 4.98 Å². The molecule has 1 N–H and O–H groups in total. The molecular weight excluding hydrogens is 348 g/mol. The number of hydrogen-bond donors (Lipinski definition) is 1. The first-order chi connectivity index (χ1) is 12.7. The lowest BCUT2D eigenvalue weighted by Crippen LogP contribution is -2.35. The van der Waals surface area contributed by atoms with Crippen molar-refractivity contribution in [2.45, 2.75) is 31.2 Å². The van der Waals surface area contributed by atoms with Crippen LogP contribution in [0.1, 0.15) is 28.9 Å². The third-order valence-corrected chi connectivity index (χ3v) is 5.93. The van der Waals surface area contributed by atoms with E-state index in [1.54, 1.807) is 12.3 Å². The molecule has 0 spiro atoms. The van der Waals surface area contributed by atoms with Gasteiger partial charge in [-0.1, -0.05) is 0 Å². The van der Waals surface area contributed by atoms with Crippen molar-refractivity contribution in [1.82, 2.24) is 14.5 Å². The summed E-state index contributed by atoms with van der Waals surface area (Å²) in [4.78, 5) is 19.3. The largest absolute Gasteiger partial charge is 0.474 e. The van der Waals surface area contributed by atoms with Gasteiger partial charge in [-0.05, 0) is 32.0 Å². The number of aryl methyl sites for hydroxylation is 1. The van der Waals surface area contributed by atoms with Crippen LogP contribution in [0.4, 0.5) is 5.69 Å². The zero-order valence-electron chi connectivity index (χ0n) is 15.0. The van der Waals surface area contributed by atoms with E-state index < -0.39 is 0 Å². The number of amides is 1. The molecular formula is C19H24N4O2S. The van der Waals surface area contributed by atoms with Crippen molar-refractivity contribution < 1.29 is 9.53 Å². The van der Waals surface area contributed by atoms with E-state index in [0.717, 1.165) is 60.9 Å². The molecule has 0 atom stereocenters. The SMILES string of the molecule is CN1CCC(Oc2cc(NC(=O)c3ccn4c3CSCC4)ccn2)CC1. The number of anilines is 1. The van der Waals surface area contributed by atoms with Crippen molar-refractivity contribution in [1.29, 1.82) is 0 Å². The van der Waals surface area contributed by atoms with E-state index in [1.165, 1.54) is 0 Å². The van der Waals surface area contributed by atoms with Gasteiger partial charge in [0.15, 0.2) is 0 Å². The predicted molar refractivity (Wildman–Crippen MR) is 104 cm³/mol. The van der Waals surface area contributed by atoms with Gasteiger partial charge >= 0.3 is 0 Å². The number of rotatable bonds is 4. The first kappa shape index (κ1) is 17.4. The van der Waals surface area contributed by atoms with Crippen molar-refractivity contribution in [2.24, 2.45) is 0 Å². The van der Waals surface area contributed by atoms with Crippen LogP contribution in [0.15, 0.2) is 30.6 Å². The summed E-state index contributed by atoms with van der Waals surface area (Å²) in [5.41, 5.74) is 2.58. The van der Waals surface area contributed by atoms with Crippen LogP contribution in [0, 0.1) is 0 Å². The van der Waals surface area contributed by atoms with Gasteiger partial charge in [-0.2, -0.15) is 11.8 Å². The fraction of sp³-hybridized carbons (Fsp3) is 0.474. The number of fused-ring (bicyclic) bond motifs is 1. The third kappa shape index (κ3) is 3.88. The molecule has 138 valence electrons. The number of ether oxygens (including phenoxy) is 1. The number of hydrogen-bond acceptors (Lipinski definition) is 5. The second kappa shape index (κ2) is 7.72. The van der Waals surface area contributed by atoms with Crippen LogP contribution in [-0.4, -0.2) is 52.4 Å². The fourth-order valence-electron chi connectivity index (χ4n) is 3.44. The molecule has 6 nitrogen and oxygen atoms in total. The molecule has 2 aliphatic heterocycles. The van der Waals surface area contributed by atoms with E-state index in [4.69, 9.17) is 4.74 Å². The van der Waals surface area contributed by atoms with Crippen LogP contribution >= 0.6 is 11.8 Å². The van der Waals surface area contributed by atoms with E-state index in [2.05, 4.69) is 26.8 Å². The van der Waals surface area contributed by atoms with Crippen LogP contribution in [0.5, 0.6) is 5.88 Å². The van der Waals surface area contributed by atoms with Crippen LogP contribution < -0.4 is 10.1 Å². The summed E-state index contributed by atoms with van der Waals surface area (Å²) >= 11 is 1.87. The second-order valence-corrected chi connectivity index (χ2v) is 7.98. The Labute approximate surface area is 157 Å². The van der Waals surface area contributed by atoms with Crippen LogP contribution in [0.3, 0.4) is 0 Å². The lowest BCUT2D eigenvalue weighted by atomic mass is 10.1. The summed E-state index contributed by atoms with van der Waals surface area (Å²) in [7, 11) is 2.13. The normalized spacial score (nSPS) is 18.3. The quantitative estimate of drug-likeness (QED) is 0.894. The highest BCUT2D eigenvalue weighted by atomic mass is 32.2. The molecule has 4 heterocycles. The number of pyridine rings is 1. The summed E-state index contributed by atoms with van der Waals surface area (Å²) in [5, 5.41) is 2.99. The number of carbonyl (C=O) groups excluding carboxylic acids is 1. The summed E-state index contributed by atoms with van der Waals surface area (Å²) in [5.74, 6) is 2.49. The number of piperidine rings is 1. The van der Waals surface area contributed by atoms with Crippen LogP contribution in [0.2, 0.25) is 0 Å². The Bertz CT molecular complexity index is 784. The van der Waals surface area contributed by atoms with E-state index in [-0.39, 0.29) is 12.0 Å². The third-order valence-electron chi connectivity index (χ3n) is 4.98. The minimum absolute atomic E-state index is 0.0716. The zero-order valence-corrected chi connectivity index (χ0v) is 15.8. The van der Waals surface area contributed by atoms with Crippen LogP contribution in [-0.2, 0) is 12.3 Å². The molecule has 0 aliphatic carbocycles. The average molecular weight is 372 g/mol. The summed E-state index contributed by atoms with van der Waals surface area (Å²) in [6, 6.07) is 5.53. The Hall–Kier alpha value is -1.99. The van der Waals surface area contributed by atoms with Gasteiger partial charge in [0, 0.05) is 61.0 Å². The topological polar surface area (TPSA) is 59.4 Å². The van der Waals surface area contributed by atoms with Crippen molar-refractivity contribution in [3.05, 3.63) is 41.9 Å². The van der Waals surface area contributed by atoms with E-state index in [1.807, 2.05) is 30.1 Å². The Morgan fingerprint density at radius 1 is 1.31 bits per heavy atom. The summed E-state index contributed by atoms with van der Waals surface area (Å²) < 4.78 is 8.18. The first-order valence-electron chi connectivity index (χ1n) is 9.07. The van der Waals surface area contributed by atoms with Crippen LogP contribution in [0.25, 0.3) is 0 Å². The van der Waals surface area contributed by atoms with Crippen molar-refractivity contribution >= 4 is 23.4 Å². The molecule has 1 fully saturated rings. The number of nitrogens with zero attached hydrogens (tertiary/aromatic N) is 3. The standard InChI is InChI=1S/C19H24N4O2S/c1-22-7-3-15(4-8-22)25-18-12-14(2-6-20-18)21-19(24)16-5-9-23-10-11-26-13-17(16)23/h2,5-6,9,12,15H,3-4,7-8,10-11,13H2,1H3,(H,20,21,24). The summed E-state index contributed by atoms with van der Waals surface area (Å²) in [6.45, 7) is 3.05. The van der Waals surface area contributed by atoms with Crippen molar-refractivity contribution in [3.8, 4) is 5.88 Å². The molecule has 2 aromatic rings. The summed E-state index contributed by atoms with van der Waals surface area (Å²) in [6.07, 6.45) is 5.89. The number of likely N-dealkylation sites (tertiary alicyclic amines) is 1. The van der Waals surface area contributed by atoms with Gasteiger partial charge in [-0.3, -0.25) is 4.79 Å². The molecule has 4 rings (SSSR count). The average Bonchev–Trinajstić information content (AvgIpc) is 3.08. The lowest BCUT2D eigenvalue weighted by Gasteiger charge is -2.28. The zero-order chi connectivity index (χ0) is 17.9. The molecule has 0 radical (unpaired) electrons. The fourth-order valence-corrected chi connectivity index (χ4v) is 4.42. The van der Waals surface area contributed by atoms with E-state index >= 15 is 0 Å². The number of thioether (sulfide) groups is 1. The van der Waals surface area contributed by atoms with Gasteiger partial charge in [-0.15, -0.1) is 0 Å². The molecule has 26 heavy (non-hydrogen) atoms. The van der Waals surface area contributed by atoms with Gasteiger partial charge in [0.2, 0.25) is 5.88 Å². The number of carbonyl (C=O) groups is 1. The first-order valence-corrected chi connectivity index (χ1v) is 10.2. The maximum atomic E-state index is 12.7. The monoisotopic (exact) mass is 372 g/mol. The minimum atomic E-state index is -0.0716. The highest BCUT2D eigenvalue weighted by molar-refractivity contribution is 7.98. The minimum Gasteiger partial charge on any atom is -0.474 e. The Morgan fingerprint density at radius 3 is 3.00 bits per heavy atom. The maximum absolute atomic E-state index is 12.7. The van der Waals surface area contributed by atoms with Gasteiger partial charge in [0.1, 0.15) is 6.10 Å². The predicted octanol–water partition coefficient (Wildman–Crippen LogP) is 2.86. The molecule has 0 aromatic carbocycles. The van der Waals surface area contributed by atoms with Crippen molar-refractivity contribution in [2.75, 3.05) is 31.2 Å². The van der Waals surface area contributed by atoms with Crippen molar-refractivity contribution in [3.63, 3.8) is 0 Å². The molecule has 0 saturated carbocycles. The Morgan fingerprint density at radius 2 is 2.15 bits per heavy atom. The Kier molecular flexibility index (Phi) is 5.17. The maximum Gasteiger partial charge on any atom is 0.257 e. The van der Waals surface area contributed by atoms with E-state index in [0.29, 0.717) is 5.88 Å². The highest BCUT2D eigenvalue weighted by Crippen LogP contribution is 2.25. The molecule has 1 amide bonds. The van der Waals surface area contributed by atoms with Gasteiger partial charge in [0.25, 0.3) is 5.91 Å². The van der Waals surface area contributed by atoms with E-state index in [9.17, 15) is 4.79 Å². The highest BCUT2D eigenvalue weighted by Gasteiger charge is 2.20. The number of nitrogens with one attached hydrogen (secondary N) is 1. The molecule has 0 unspecified atom stereocenters. The lowest BCUT2D eigenvalue weighted by molar-refractivity contribution is 0.102. The molecule has 0 bridgehead atoms. The molecule has 7 heteroatoms. The van der Waals surface area contributed by atoms with Gasteiger partial charge in [0.05, 0.1) is 5.56 Å². The molecule has 1 saturated heterocycles. The Balaban J connectivity index is 1.42. The number of aromatic nitrogens is 2. The smallest absolute Gasteiger partial charge is 0.257 e. The molecule has 2 aromatic heterocycles. The van der Waals surface area contributed by atoms with Gasteiger partial charge < -0.3 is 19.5 Å². The second-order valence-electron chi connectivity index (χ2n) is 6.88.